The summed E-state index contributed by atoms with van der Waals surface area (Å²) in [6.45, 7) is 3.79. The number of ether oxygens (including phenoxy) is 1. The van der Waals surface area contributed by atoms with Crippen molar-refractivity contribution in [2.24, 2.45) is 0 Å². The number of thioether (sulfide) groups is 1. The van der Waals surface area contributed by atoms with Gasteiger partial charge >= 0.3 is 5.97 Å². The molecule has 0 amide bonds. The second-order valence-corrected chi connectivity index (χ2v) is 9.19. The second-order valence-electron chi connectivity index (χ2n) is 7.25. The van der Waals surface area contributed by atoms with Crippen LogP contribution in [0.1, 0.15) is 33.3 Å². The lowest BCUT2D eigenvalue weighted by Gasteiger charge is -2.13. The van der Waals surface area contributed by atoms with Gasteiger partial charge in [-0.25, -0.2) is 18.6 Å². The van der Waals surface area contributed by atoms with Gasteiger partial charge in [-0.3, -0.25) is 9.36 Å². The number of fused-ring (bicyclic) bond motifs is 1. The number of aromatic nitrogens is 2. The molecule has 0 bridgehead atoms. The minimum absolute atomic E-state index is 0.158. The normalized spacial score (nSPS) is 11.2. The molecule has 4 rings (SSSR count). The van der Waals surface area contributed by atoms with E-state index in [4.69, 9.17) is 4.74 Å². The maximum absolute atomic E-state index is 14.1. The molecule has 0 fully saturated rings. The number of carbonyl (C=O) groups excluding carboxylic acids is 1. The van der Waals surface area contributed by atoms with Gasteiger partial charge in [-0.1, -0.05) is 42.1 Å². The van der Waals surface area contributed by atoms with E-state index in [2.05, 4.69) is 4.98 Å². The lowest BCUT2D eigenvalue weighted by atomic mass is 10.2. The van der Waals surface area contributed by atoms with Crippen LogP contribution in [-0.4, -0.2) is 22.1 Å². The van der Waals surface area contributed by atoms with E-state index >= 15 is 0 Å². The van der Waals surface area contributed by atoms with Crippen LogP contribution in [0.2, 0.25) is 0 Å². The topological polar surface area (TPSA) is 61.2 Å². The Morgan fingerprint density at radius 3 is 2.58 bits per heavy atom. The number of thiophene rings is 1. The third-order valence-corrected chi connectivity index (χ3v) is 7.24. The standard InChI is InChI=1S/C24H20F2N2O3S2/c1-3-31-23(30)20-14(2)19-21(33-20)27-24(32-13-16-6-4-5-7-18(16)26)28(22(19)29)12-15-8-10-17(25)11-9-15/h4-11H,3,12-13H2,1-2H3. The van der Waals surface area contributed by atoms with Crippen LogP contribution < -0.4 is 5.56 Å². The summed E-state index contributed by atoms with van der Waals surface area (Å²) >= 11 is 2.33. The quantitative estimate of drug-likeness (QED) is 0.194. The van der Waals surface area contributed by atoms with E-state index in [0.717, 1.165) is 11.3 Å². The van der Waals surface area contributed by atoms with Crippen LogP contribution in [0.3, 0.4) is 0 Å². The van der Waals surface area contributed by atoms with E-state index in [1.165, 1.54) is 34.5 Å². The number of halogens is 2. The maximum atomic E-state index is 14.1. The molecular formula is C24H20F2N2O3S2. The molecule has 5 nitrogen and oxygen atoms in total. The smallest absolute Gasteiger partial charge is 0.348 e. The van der Waals surface area contributed by atoms with Crippen molar-refractivity contribution in [1.29, 1.82) is 0 Å². The Bertz CT molecular complexity index is 1380. The lowest BCUT2D eigenvalue weighted by Crippen LogP contribution is -2.24. The van der Waals surface area contributed by atoms with Crippen molar-refractivity contribution < 1.29 is 18.3 Å². The van der Waals surface area contributed by atoms with Crippen LogP contribution in [0, 0.1) is 18.6 Å². The van der Waals surface area contributed by atoms with Gasteiger partial charge in [0, 0.05) is 5.75 Å². The fourth-order valence-corrected chi connectivity index (χ4v) is 5.47. The number of carbonyl (C=O) groups is 1. The van der Waals surface area contributed by atoms with Crippen molar-refractivity contribution in [3.63, 3.8) is 0 Å². The number of aryl methyl sites for hydroxylation is 1. The van der Waals surface area contributed by atoms with E-state index in [9.17, 15) is 18.4 Å². The van der Waals surface area contributed by atoms with E-state index in [1.807, 2.05) is 0 Å². The summed E-state index contributed by atoms with van der Waals surface area (Å²) in [4.78, 5) is 31.3. The number of benzene rings is 2. The van der Waals surface area contributed by atoms with Crippen molar-refractivity contribution >= 4 is 39.3 Å². The van der Waals surface area contributed by atoms with Gasteiger partial charge in [0.25, 0.3) is 5.56 Å². The Balaban J connectivity index is 1.81. The van der Waals surface area contributed by atoms with Crippen LogP contribution in [0.25, 0.3) is 10.2 Å². The predicted octanol–water partition coefficient (Wildman–Crippen LogP) is 5.56. The van der Waals surface area contributed by atoms with Crippen LogP contribution in [0.5, 0.6) is 0 Å². The first kappa shape index (κ1) is 23.1. The molecular weight excluding hydrogens is 466 g/mol. The molecule has 0 radical (unpaired) electrons. The molecule has 0 aliphatic carbocycles. The number of rotatable bonds is 7. The first-order valence-corrected chi connectivity index (χ1v) is 12.0. The maximum Gasteiger partial charge on any atom is 0.348 e. The summed E-state index contributed by atoms with van der Waals surface area (Å²) in [6, 6.07) is 12.3. The van der Waals surface area contributed by atoms with Gasteiger partial charge in [-0.05, 0) is 48.7 Å². The average Bonchev–Trinajstić information content (AvgIpc) is 3.13. The van der Waals surface area contributed by atoms with Gasteiger partial charge in [0.2, 0.25) is 0 Å². The largest absolute Gasteiger partial charge is 0.462 e. The first-order chi connectivity index (χ1) is 15.9. The summed E-state index contributed by atoms with van der Waals surface area (Å²) in [5, 5.41) is 0.733. The summed E-state index contributed by atoms with van der Waals surface area (Å²) in [6.07, 6.45) is 0. The zero-order valence-electron chi connectivity index (χ0n) is 17.9. The number of esters is 1. The molecule has 0 aliphatic heterocycles. The Kier molecular flexibility index (Phi) is 6.90. The molecule has 0 N–H and O–H groups in total. The molecule has 2 aromatic heterocycles. The highest BCUT2D eigenvalue weighted by molar-refractivity contribution is 7.98. The minimum Gasteiger partial charge on any atom is -0.462 e. The molecule has 0 aliphatic rings. The first-order valence-electron chi connectivity index (χ1n) is 10.2. The molecule has 4 aromatic rings. The van der Waals surface area contributed by atoms with Crippen LogP contribution in [0.15, 0.2) is 58.5 Å². The number of hydrogen-bond acceptors (Lipinski definition) is 6. The molecule has 9 heteroatoms. The number of hydrogen-bond donors (Lipinski definition) is 0. The van der Waals surface area contributed by atoms with Crippen molar-refractivity contribution in [3.05, 3.63) is 92.1 Å². The van der Waals surface area contributed by atoms with E-state index in [-0.39, 0.29) is 36.1 Å². The number of nitrogens with zero attached hydrogens (tertiary/aromatic N) is 2. The highest BCUT2D eigenvalue weighted by atomic mass is 32.2. The molecule has 0 saturated heterocycles. The molecule has 2 aromatic carbocycles. The fourth-order valence-electron chi connectivity index (χ4n) is 3.37. The third kappa shape index (κ3) is 4.84. The van der Waals surface area contributed by atoms with Gasteiger partial charge in [0.15, 0.2) is 5.16 Å². The van der Waals surface area contributed by atoms with Crippen LogP contribution >= 0.6 is 23.1 Å². The summed E-state index contributed by atoms with van der Waals surface area (Å²) < 4.78 is 34.1. The Labute approximate surface area is 197 Å². The molecule has 2 heterocycles. The van der Waals surface area contributed by atoms with Gasteiger partial charge in [-0.2, -0.15) is 0 Å². The van der Waals surface area contributed by atoms with Gasteiger partial charge in [-0.15, -0.1) is 11.3 Å². The van der Waals surface area contributed by atoms with Gasteiger partial charge in [0.1, 0.15) is 21.3 Å². The Morgan fingerprint density at radius 1 is 1.15 bits per heavy atom. The van der Waals surface area contributed by atoms with Crippen molar-refractivity contribution in [2.75, 3.05) is 6.61 Å². The lowest BCUT2D eigenvalue weighted by molar-refractivity contribution is 0.0531. The highest BCUT2D eigenvalue weighted by Gasteiger charge is 2.23. The highest BCUT2D eigenvalue weighted by Crippen LogP contribution is 2.31. The second kappa shape index (κ2) is 9.84. The average molecular weight is 487 g/mol. The zero-order chi connectivity index (χ0) is 23.5. The molecule has 33 heavy (non-hydrogen) atoms. The van der Waals surface area contributed by atoms with Crippen LogP contribution in [-0.2, 0) is 17.0 Å². The summed E-state index contributed by atoms with van der Waals surface area (Å²) in [5.41, 5.74) is 1.40. The molecule has 0 atom stereocenters. The Hall–Kier alpha value is -3.04. The summed E-state index contributed by atoms with van der Waals surface area (Å²) in [5.74, 6) is -0.942. The summed E-state index contributed by atoms with van der Waals surface area (Å²) in [7, 11) is 0. The van der Waals surface area contributed by atoms with Crippen molar-refractivity contribution in [2.45, 2.75) is 31.3 Å². The minimum atomic E-state index is -0.497. The van der Waals surface area contributed by atoms with E-state index in [0.29, 0.717) is 36.9 Å². The van der Waals surface area contributed by atoms with Gasteiger partial charge in [0.05, 0.1) is 18.5 Å². The molecule has 0 saturated carbocycles. The predicted molar refractivity (Wildman–Crippen MR) is 126 cm³/mol. The Morgan fingerprint density at radius 2 is 1.88 bits per heavy atom. The molecule has 0 unspecified atom stereocenters. The van der Waals surface area contributed by atoms with Crippen molar-refractivity contribution in [1.82, 2.24) is 9.55 Å². The third-order valence-electron chi connectivity index (χ3n) is 5.04. The fraction of sp³-hybridized carbons (Fsp3) is 0.208. The van der Waals surface area contributed by atoms with Crippen LogP contribution in [0.4, 0.5) is 8.78 Å². The zero-order valence-corrected chi connectivity index (χ0v) is 19.6. The molecule has 170 valence electrons. The van der Waals surface area contributed by atoms with Crippen molar-refractivity contribution in [3.8, 4) is 0 Å². The monoisotopic (exact) mass is 486 g/mol. The van der Waals surface area contributed by atoms with E-state index < -0.39 is 5.97 Å². The van der Waals surface area contributed by atoms with E-state index in [1.54, 1.807) is 44.2 Å². The SMILES string of the molecule is CCOC(=O)c1sc2nc(SCc3ccccc3F)n(Cc3ccc(F)cc3)c(=O)c2c1C. The molecule has 0 spiro atoms. The van der Waals surface area contributed by atoms with Gasteiger partial charge < -0.3 is 4.74 Å².